The number of amides is 2. The molecule has 2 aromatic rings. The molecule has 140 valence electrons. The molecule has 0 bridgehead atoms. The van der Waals surface area contributed by atoms with Gasteiger partial charge in [0.1, 0.15) is 11.0 Å². The minimum absolute atomic E-state index is 0.109. The minimum Gasteiger partial charge on any atom is -0.497 e. The highest BCUT2D eigenvalue weighted by Gasteiger charge is 2.36. The maximum atomic E-state index is 12.4. The van der Waals surface area contributed by atoms with E-state index in [9.17, 15) is 9.59 Å². The summed E-state index contributed by atoms with van der Waals surface area (Å²) in [5.74, 6) is 0.487. The molecule has 1 N–H and O–H groups in total. The number of nitrogens with one attached hydrogen (secondary N) is 1. The van der Waals surface area contributed by atoms with Crippen LogP contribution in [-0.4, -0.2) is 41.3 Å². The van der Waals surface area contributed by atoms with E-state index in [4.69, 9.17) is 4.74 Å². The van der Waals surface area contributed by atoms with Crippen LogP contribution in [0.15, 0.2) is 59.6 Å². The Morgan fingerprint density at radius 3 is 2.56 bits per heavy atom. The average molecular weight is 383 g/mol. The molecule has 1 aliphatic rings. The van der Waals surface area contributed by atoms with E-state index in [1.54, 1.807) is 14.2 Å². The first kappa shape index (κ1) is 19.0. The van der Waals surface area contributed by atoms with Crippen molar-refractivity contribution >= 4 is 34.4 Å². The van der Waals surface area contributed by atoms with Gasteiger partial charge < -0.3 is 10.1 Å². The minimum atomic E-state index is -0.456. The van der Waals surface area contributed by atoms with E-state index in [1.807, 2.05) is 54.6 Å². The zero-order chi connectivity index (χ0) is 19.2. The van der Waals surface area contributed by atoms with Gasteiger partial charge >= 0.3 is 0 Å². The number of carbonyl (C=O) groups excluding carboxylic acids is 2. The van der Waals surface area contributed by atoms with E-state index in [1.165, 1.54) is 16.7 Å². The number of methoxy groups -OCH3 is 1. The maximum Gasteiger partial charge on any atom is 0.242 e. The molecule has 0 radical (unpaired) electrons. The number of hydrogen-bond acceptors (Lipinski definition) is 5. The average Bonchev–Trinajstić information content (AvgIpc) is 2.95. The van der Waals surface area contributed by atoms with Gasteiger partial charge in [-0.1, -0.05) is 42.1 Å². The Labute approximate surface area is 162 Å². The van der Waals surface area contributed by atoms with Gasteiger partial charge in [-0.3, -0.25) is 14.5 Å². The van der Waals surface area contributed by atoms with E-state index in [0.29, 0.717) is 11.7 Å². The number of aliphatic imine (C=N–C) groups is 1. The summed E-state index contributed by atoms with van der Waals surface area (Å²) in [6, 6.07) is 17.0. The third-order valence-corrected chi connectivity index (χ3v) is 5.37. The molecule has 2 amide bonds. The quantitative estimate of drug-likeness (QED) is 0.833. The summed E-state index contributed by atoms with van der Waals surface area (Å²) in [6.45, 7) is 0.452. The zero-order valence-corrected chi connectivity index (χ0v) is 16.0. The molecule has 1 atom stereocenters. The van der Waals surface area contributed by atoms with Crippen LogP contribution < -0.4 is 10.1 Å². The lowest BCUT2D eigenvalue weighted by molar-refractivity contribution is -0.128. The first-order valence-electron chi connectivity index (χ1n) is 8.54. The second kappa shape index (κ2) is 8.73. The Hall–Kier alpha value is -2.80. The van der Waals surface area contributed by atoms with Crippen molar-refractivity contribution in [2.75, 3.05) is 14.2 Å². The highest BCUT2D eigenvalue weighted by molar-refractivity contribution is 8.15. The van der Waals surface area contributed by atoms with Gasteiger partial charge in [0.2, 0.25) is 11.8 Å². The second-order valence-electron chi connectivity index (χ2n) is 6.06. The molecule has 2 aromatic carbocycles. The number of ether oxygens (including phenoxy) is 1. The SMILES string of the molecule is COc1ccc(N=C2S[C@@H](CC(=O)NCc3ccccc3)C(=O)N2C)cc1. The van der Waals surface area contributed by atoms with Crippen molar-refractivity contribution < 1.29 is 14.3 Å². The predicted molar refractivity (Wildman–Crippen MR) is 107 cm³/mol. The van der Waals surface area contributed by atoms with Gasteiger partial charge in [0.25, 0.3) is 0 Å². The lowest BCUT2D eigenvalue weighted by atomic mass is 10.2. The maximum absolute atomic E-state index is 12.4. The standard InChI is InChI=1S/C20H21N3O3S/c1-23-19(25)17(12-18(24)21-13-14-6-4-3-5-7-14)27-20(23)22-15-8-10-16(26-2)11-9-15/h3-11,17H,12-13H2,1-2H3,(H,21,24)/t17-/m0/s1. The van der Waals surface area contributed by atoms with Gasteiger partial charge in [0.15, 0.2) is 5.17 Å². The summed E-state index contributed by atoms with van der Waals surface area (Å²) in [5.41, 5.74) is 1.75. The first-order valence-corrected chi connectivity index (χ1v) is 9.42. The van der Waals surface area contributed by atoms with E-state index in [-0.39, 0.29) is 18.2 Å². The van der Waals surface area contributed by atoms with Crippen LogP contribution in [0.2, 0.25) is 0 Å². The molecule has 0 spiro atoms. The summed E-state index contributed by atoms with van der Waals surface area (Å²) >= 11 is 1.32. The van der Waals surface area contributed by atoms with Crippen LogP contribution in [0.5, 0.6) is 5.75 Å². The fourth-order valence-electron chi connectivity index (χ4n) is 2.60. The van der Waals surface area contributed by atoms with Crippen LogP contribution >= 0.6 is 11.8 Å². The summed E-state index contributed by atoms with van der Waals surface area (Å²) in [5, 5.41) is 2.99. The van der Waals surface area contributed by atoms with Gasteiger partial charge in [-0.25, -0.2) is 4.99 Å². The van der Waals surface area contributed by atoms with Gasteiger partial charge in [0.05, 0.1) is 12.8 Å². The molecule has 0 unspecified atom stereocenters. The molecule has 7 heteroatoms. The summed E-state index contributed by atoms with van der Waals surface area (Å²) in [4.78, 5) is 30.7. The van der Waals surface area contributed by atoms with Crippen molar-refractivity contribution in [1.29, 1.82) is 0 Å². The molecule has 0 aliphatic carbocycles. The second-order valence-corrected chi connectivity index (χ2v) is 7.23. The van der Waals surface area contributed by atoms with Crippen molar-refractivity contribution in [3.05, 3.63) is 60.2 Å². The van der Waals surface area contributed by atoms with Crippen molar-refractivity contribution in [2.45, 2.75) is 18.2 Å². The van der Waals surface area contributed by atoms with Gasteiger partial charge in [-0.15, -0.1) is 0 Å². The van der Waals surface area contributed by atoms with Crippen LogP contribution in [0.4, 0.5) is 5.69 Å². The van der Waals surface area contributed by atoms with Crippen molar-refractivity contribution in [1.82, 2.24) is 10.2 Å². The van der Waals surface area contributed by atoms with E-state index in [0.717, 1.165) is 17.0 Å². The summed E-state index contributed by atoms with van der Waals surface area (Å²) in [7, 11) is 3.28. The topological polar surface area (TPSA) is 71.0 Å². The molecular formula is C20H21N3O3S. The largest absolute Gasteiger partial charge is 0.497 e. The Kier molecular flexibility index (Phi) is 6.13. The summed E-state index contributed by atoms with van der Waals surface area (Å²) < 4.78 is 5.13. The van der Waals surface area contributed by atoms with Gasteiger partial charge in [-0.05, 0) is 29.8 Å². The third kappa shape index (κ3) is 4.89. The molecule has 27 heavy (non-hydrogen) atoms. The lowest BCUT2D eigenvalue weighted by Gasteiger charge is -2.09. The van der Waals surface area contributed by atoms with Gasteiger partial charge in [-0.2, -0.15) is 0 Å². The molecule has 1 fully saturated rings. The Morgan fingerprint density at radius 1 is 1.19 bits per heavy atom. The smallest absolute Gasteiger partial charge is 0.242 e. The number of benzene rings is 2. The number of rotatable bonds is 6. The van der Waals surface area contributed by atoms with Crippen LogP contribution in [0, 0.1) is 0 Å². The normalized spacial score (nSPS) is 18.0. The van der Waals surface area contributed by atoms with Crippen LogP contribution in [0.3, 0.4) is 0 Å². The van der Waals surface area contributed by atoms with Crippen molar-refractivity contribution in [2.24, 2.45) is 4.99 Å². The first-order chi connectivity index (χ1) is 13.1. The lowest BCUT2D eigenvalue weighted by Crippen LogP contribution is -2.32. The molecular weight excluding hydrogens is 362 g/mol. The van der Waals surface area contributed by atoms with Crippen molar-refractivity contribution in [3.63, 3.8) is 0 Å². The monoisotopic (exact) mass is 383 g/mol. The van der Waals surface area contributed by atoms with E-state index >= 15 is 0 Å². The molecule has 3 rings (SSSR count). The summed E-state index contributed by atoms with van der Waals surface area (Å²) in [6.07, 6.45) is 0.127. The van der Waals surface area contributed by atoms with Crippen LogP contribution in [0.1, 0.15) is 12.0 Å². The molecule has 6 nitrogen and oxygen atoms in total. The molecule has 1 heterocycles. The number of amidine groups is 1. The molecule has 0 aromatic heterocycles. The highest BCUT2D eigenvalue weighted by Crippen LogP contribution is 2.30. The predicted octanol–water partition coefficient (Wildman–Crippen LogP) is 2.96. The highest BCUT2D eigenvalue weighted by atomic mass is 32.2. The molecule has 0 saturated carbocycles. The van der Waals surface area contributed by atoms with Crippen molar-refractivity contribution in [3.8, 4) is 5.75 Å². The third-order valence-electron chi connectivity index (χ3n) is 4.14. The molecule has 1 saturated heterocycles. The van der Waals surface area contributed by atoms with Crippen LogP contribution in [-0.2, 0) is 16.1 Å². The number of carbonyl (C=O) groups is 2. The Balaban J connectivity index is 1.59. The number of nitrogens with zero attached hydrogens (tertiary/aromatic N) is 2. The fraction of sp³-hybridized carbons (Fsp3) is 0.250. The number of thioether (sulfide) groups is 1. The van der Waals surface area contributed by atoms with Crippen LogP contribution in [0.25, 0.3) is 0 Å². The van der Waals surface area contributed by atoms with Gasteiger partial charge in [0, 0.05) is 20.0 Å². The van der Waals surface area contributed by atoms with E-state index in [2.05, 4.69) is 10.3 Å². The fourth-order valence-corrected chi connectivity index (χ4v) is 3.76. The number of hydrogen-bond donors (Lipinski definition) is 1. The Morgan fingerprint density at radius 2 is 1.89 bits per heavy atom. The zero-order valence-electron chi connectivity index (χ0n) is 15.2. The Bertz CT molecular complexity index is 837. The van der Waals surface area contributed by atoms with E-state index < -0.39 is 5.25 Å². The molecule has 1 aliphatic heterocycles.